The van der Waals surface area contributed by atoms with Gasteiger partial charge in [0.05, 0.1) is 0 Å². The van der Waals surface area contributed by atoms with Crippen LogP contribution in [0.1, 0.15) is 52.4 Å². The maximum atomic E-state index is 11.8. The van der Waals surface area contributed by atoms with E-state index in [-0.39, 0.29) is 11.2 Å². The van der Waals surface area contributed by atoms with E-state index in [1.807, 2.05) is 12.2 Å². The lowest BCUT2D eigenvalue weighted by Gasteiger charge is -2.57. The van der Waals surface area contributed by atoms with Gasteiger partial charge in [-0.2, -0.15) is 0 Å². The second-order valence-electron chi connectivity index (χ2n) is 8.57. The van der Waals surface area contributed by atoms with E-state index in [2.05, 4.69) is 32.6 Å². The summed E-state index contributed by atoms with van der Waals surface area (Å²) in [6.45, 7) is 9.03. The van der Waals surface area contributed by atoms with Crippen LogP contribution in [0.3, 0.4) is 0 Å². The summed E-state index contributed by atoms with van der Waals surface area (Å²) < 4.78 is 0. The lowest BCUT2D eigenvalue weighted by molar-refractivity contribution is -0.111. The van der Waals surface area contributed by atoms with E-state index in [9.17, 15) is 4.79 Å². The zero-order valence-electron chi connectivity index (χ0n) is 14.0. The van der Waals surface area contributed by atoms with Gasteiger partial charge in [0.15, 0.2) is 5.78 Å². The molecule has 0 N–H and O–H groups in total. The normalized spacial score (nSPS) is 49.9. The van der Waals surface area contributed by atoms with Crippen molar-refractivity contribution in [2.24, 2.45) is 34.5 Å². The Morgan fingerprint density at radius 1 is 1.18 bits per heavy atom. The number of rotatable bonds is 1. The average Bonchev–Trinajstić information content (AvgIpc) is 2.84. The zero-order valence-corrected chi connectivity index (χ0v) is 14.0. The van der Waals surface area contributed by atoms with E-state index in [0.29, 0.717) is 11.3 Å². The summed E-state index contributed by atoms with van der Waals surface area (Å²) in [7, 11) is 0. The van der Waals surface area contributed by atoms with Gasteiger partial charge >= 0.3 is 0 Å². The van der Waals surface area contributed by atoms with Gasteiger partial charge in [-0.3, -0.25) is 4.79 Å². The SMILES string of the molecule is C=C[C@@H]1CC[C@H]2[C@@H]3CCC4=CC(=O)C=C[C@]4(C)[C@H]3CC[C@]12C. The summed E-state index contributed by atoms with van der Waals surface area (Å²) in [5, 5.41) is 0. The van der Waals surface area contributed by atoms with Gasteiger partial charge in [0.1, 0.15) is 0 Å². The highest BCUT2D eigenvalue weighted by atomic mass is 16.1. The van der Waals surface area contributed by atoms with Crippen molar-refractivity contribution in [3.05, 3.63) is 36.5 Å². The zero-order chi connectivity index (χ0) is 15.5. The number of fused-ring (bicyclic) bond motifs is 5. The number of ketones is 1. The van der Waals surface area contributed by atoms with Crippen molar-refractivity contribution >= 4 is 5.78 Å². The fourth-order valence-electron chi connectivity index (χ4n) is 6.63. The summed E-state index contributed by atoms with van der Waals surface area (Å²) in [6.07, 6.45) is 16.0. The molecule has 22 heavy (non-hydrogen) atoms. The highest BCUT2D eigenvalue weighted by molar-refractivity contribution is 6.01. The van der Waals surface area contributed by atoms with Gasteiger partial charge in [0, 0.05) is 5.41 Å². The predicted octanol–water partition coefficient (Wildman–Crippen LogP) is 5.10. The maximum Gasteiger partial charge on any atom is 0.178 e. The molecule has 1 heteroatoms. The fraction of sp³-hybridized carbons (Fsp3) is 0.667. The first kappa shape index (κ1) is 14.5. The number of carbonyl (C=O) groups excluding carboxylic acids is 1. The summed E-state index contributed by atoms with van der Waals surface area (Å²) in [5.41, 5.74) is 2.03. The molecule has 0 radical (unpaired) electrons. The largest absolute Gasteiger partial charge is 0.290 e. The Labute approximate surface area is 134 Å². The quantitative estimate of drug-likeness (QED) is 0.615. The molecule has 4 rings (SSSR count). The van der Waals surface area contributed by atoms with Gasteiger partial charge in [-0.25, -0.2) is 0 Å². The van der Waals surface area contributed by atoms with E-state index in [0.717, 1.165) is 24.2 Å². The highest BCUT2D eigenvalue weighted by Crippen LogP contribution is 2.66. The fourth-order valence-corrected chi connectivity index (χ4v) is 6.63. The van der Waals surface area contributed by atoms with Crippen molar-refractivity contribution < 1.29 is 4.79 Å². The monoisotopic (exact) mass is 296 g/mol. The second-order valence-corrected chi connectivity index (χ2v) is 8.57. The Balaban J connectivity index is 1.69. The molecular formula is C21H28O. The van der Waals surface area contributed by atoms with Gasteiger partial charge in [-0.15, -0.1) is 6.58 Å². The molecule has 4 aliphatic rings. The third kappa shape index (κ3) is 1.74. The van der Waals surface area contributed by atoms with Crippen molar-refractivity contribution in [3.63, 3.8) is 0 Å². The summed E-state index contributed by atoms with van der Waals surface area (Å²) in [6, 6.07) is 0. The second kappa shape index (κ2) is 4.69. The van der Waals surface area contributed by atoms with E-state index in [1.165, 1.54) is 37.7 Å². The standard InChI is InChI=1S/C21H28O/c1-4-14-6-8-18-17-7-5-15-13-16(22)9-11-21(15,3)19(17)10-12-20(14,18)2/h4,9,11,13-14,17-19H,1,5-8,10,12H2,2-3H3/t14-,17+,18+,19+,20-,21+/m1/s1. The van der Waals surface area contributed by atoms with Crippen LogP contribution in [-0.2, 0) is 4.79 Å². The Bertz CT molecular complexity index is 583. The van der Waals surface area contributed by atoms with E-state index in [1.54, 1.807) is 0 Å². The minimum Gasteiger partial charge on any atom is -0.290 e. The van der Waals surface area contributed by atoms with E-state index < -0.39 is 0 Å². The van der Waals surface area contributed by atoms with Gasteiger partial charge in [-0.05, 0) is 79.8 Å². The molecule has 0 aromatic rings. The summed E-state index contributed by atoms with van der Waals surface area (Å²) in [5.74, 6) is 3.34. The van der Waals surface area contributed by atoms with Crippen molar-refractivity contribution in [3.8, 4) is 0 Å². The molecule has 0 spiro atoms. The van der Waals surface area contributed by atoms with E-state index >= 15 is 0 Å². The molecule has 118 valence electrons. The van der Waals surface area contributed by atoms with Crippen LogP contribution >= 0.6 is 0 Å². The van der Waals surface area contributed by atoms with Gasteiger partial charge < -0.3 is 0 Å². The highest BCUT2D eigenvalue weighted by Gasteiger charge is 2.57. The van der Waals surface area contributed by atoms with Crippen LogP contribution < -0.4 is 0 Å². The Morgan fingerprint density at radius 2 is 2.00 bits per heavy atom. The third-order valence-corrected chi connectivity index (χ3v) is 7.91. The number of hydrogen-bond acceptors (Lipinski definition) is 1. The third-order valence-electron chi connectivity index (χ3n) is 7.91. The molecule has 0 aromatic carbocycles. The topological polar surface area (TPSA) is 17.1 Å². The van der Waals surface area contributed by atoms with Crippen molar-refractivity contribution in [2.45, 2.75) is 52.4 Å². The maximum absolute atomic E-state index is 11.8. The van der Waals surface area contributed by atoms with Crippen molar-refractivity contribution in [1.82, 2.24) is 0 Å². The molecule has 0 amide bonds. The van der Waals surface area contributed by atoms with Crippen molar-refractivity contribution in [1.29, 1.82) is 0 Å². The van der Waals surface area contributed by atoms with Gasteiger partial charge in [-0.1, -0.05) is 31.6 Å². The molecule has 0 aliphatic heterocycles. The van der Waals surface area contributed by atoms with Gasteiger partial charge in [0.2, 0.25) is 0 Å². The first-order valence-electron chi connectivity index (χ1n) is 9.06. The summed E-state index contributed by atoms with van der Waals surface area (Å²) >= 11 is 0. The molecule has 1 nitrogen and oxygen atoms in total. The number of carbonyl (C=O) groups is 1. The number of allylic oxidation sites excluding steroid dienone is 5. The van der Waals surface area contributed by atoms with Crippen LogP contribution in [0.15, 0.2) is 36.5 Å². The predicted molar refractivity (Wildman–Crippen MR) is 90.3 cm³/mol. The molecule has 0 bridgehead atoms. The first-order valence-corrected chi connectivity index (χ1v) is 9.06. The van der Waals surface area contributed by atoms with Crippen LogP contribution in [0.2, 0.25) is 0 Å². The Morgan fingerprint density at radius 3 is 2.77 bits per heavy atom. The lowest BCUT2D eigenvalue weighted by Crippen LogP contribution is -2.49. The Hall–Kier alpha value is -1.11. The molecule has 0 unspecified atom stereocenters. The minimum absolute atomic E-state index is 0.143. The Kier molecular flexibility index (Phi) is 3.09. The smallest absolute Gasteiger partial charge is 0.178 e. The average molecular weight is 296 g/mol. The molecule has 3 saturated carbocycles. The first-order chi connectivity index (χ1) is 10.5. The lowest BCUT2D eigenvalue weighted by atomic mass is 9.48. The van der Waals surface area contributed by atoms with Gasteiger partial charge in [0.25, 0.3) is 0 Å². The van der Waals surface area contributed by atoms with Crippen LogP contribution in [0.5, 0.6) is 0 Å². The van der Waals surface area contributed by atoms with Crippen LogP contribution in [0.25, 0.3) is 0 Å². The molecule has 6 atom stereocenters. The van der Waals surface area contributed by atoms with Crippen LogP contribution in [-0.4, -0.2) is 5.78 Å². The molecular weight excluding hydrogens is 268 g/mol. The molecule has 0 saturated heterocycles. The molecule has 4 aliphatic carbocycles. The van der Waals surface area contributed by atoms with Crippen LogP contribution in [0.4, 0.5) is 0 Å². The number of hydrogen-bond donors (Lipinski definition) is 0. The molecule has 0 heterocycles. The van der Waals surface area contributed by atoms with E-state index in [4.69, 9.17) is 0 Å². The van der Waals surface area contributed by atoms with Crippen LogP contribution in [0, 0.1) is 34.5 Å². The van der Waals surface area contributed by atoms with Crippen molar-refractivity contribution in [2.75, 3.05) is 0 Å². The summed E-state index contributed by atoms with van der Waals surface area (Å²) in [4.78, 5) is 11.8. The molecule has 3 fully saturated rings. The minimum atomic E-state index is 0.143. The molecule has 0 aromatic heterocycles.